The van der Waals surface area contributed by atoms with E-state index in [0.29, 0.717) is 35.2 Å². The number of rotatable bonds is 8. The van der Waals surface area contributed by atoms with Crippen LogP contribution in [-0.4, -0.2) is 27.9 Å². The molecule has 1 heterocycles. The van der Waals surface area contributed by atoms with Crippen LogP contribution in [0.1, 0.15) is 38.5 Å². The maximum Gasteiger partial charge on any atom is 0.303 e. The zero-order valence-electron chi connectivity index (χ0n) is 14.9. The van der Waals surface area contributed by atoms with Crippen molar-refractivity contribution >= 4 is 23.5 Å². The van der Waals surface area contributed by atoms with Crippen LogP contribution in [0.15, 0.2) is 35.4 Å². The summed E-state index contributed by atoms with van der Waals surface area (Å²) in [6, 6.07) is 6.54. The van der Waals surface area contributed by atoms with Crippen LogP contribution in [0.2, 0.25) is 0 Å². The van der Waals surface area contributed by atoms with Gasteiger partial charge in [0.1, 0.15) is 17.5 Å². The number of pyridine rings is 1. The Morgan fingerprint density at radius 3 is 2.63 bits per heavy atom. The highest BCUT2D eigenvalue weighted by Crippen LogP contribution is 2.34. The Morgan fingerprint density at radius 2 is 1.96 bits per heavy atom. The minimum atomic E-state index is -0.911. The minimum Gasteiger partial charge on any atom is -0.481 e. The van der Waals surface area contributed by atoms with Gasteiger partial charge in [-0.1, -0.05) is 12.8 Å². The third kappa shape index (κ3) is 5.19. The monoisotopic (exact) mass is 392 g/mol. The Labute approximate surface area is 161 Å². The molecule has 0 bridgehead atoms. The molecule has 2 N–H and O–H groups in total. The van der Waals surface area contributed by atoms with E-state index in [4.69, 9.17) is 5.11 Å². The summed E-state index contributed by atoms with van der Waals surface area (Å²) in [6.45, 7) is 0. The second-order valence-corrected chi connectivity index (χ2v) is 7.75. The van der Waals surface area contributed by atoms with Crippen molar-refractivity contribution in [2.24, 2.45) is 0 Å². The summed E-state index contributed by atoms with van der Waals surface area (Å²) in [4.78, 5) is 14.8. The second kappa shape index (κ2) is 9.17. The number of hydrogen-bond acceptors (Lipinski definition) is 4. The number of aromatic nitrogens is 1. The van der Waals surface area contributed by atoms with Crippen molar-refractivity contribution in [2.75, 3.05) is 11.1 Å². The van der Waals surface area contributed by atoms with Crippen molar-refractivity contribution < 1.29 is 18.7 Å². The maximum absolute atomic E-state index is 14.5. The molecule has 0 spiro atoms. The normalized spacial score (nSPS) is 14.4. The lowest BCUT2D eigenvalue weighted by atomic mass is 10.1. The van der Waals surface area contributed by atoms with E-state index < -0.39 is 17.6 Å². The van der Waals surface area contributed by atoms with Crippen LogP contribution >= 0.6 is 11.8 Å². The van der Waals surface area contributed by atoms with Crippen molar-refractivity contribution in [1.82, 2.24) is 4.98 Å². The van der Waals surface area contributed by atoms with Crippen LogP contribution < -0.4 is 5.32 Å². The summed E-state index contributed by atoms with van der Waals surface area (Å²) in [7, 11) is 0. The van der Waals surface area contributed by atoms with E-state index in [1.165, 1.54) is 25.0 Å². The van der Waals surface area contributed by atoms with Gasteiger partial charge in [-0.3, -0.25) is 4.79 Å². The van der Waals surface area contributed by atoms with E-state index >= 15 is 0 Å². The SMILES string of the molecule is O=C(O)CCCSc1c(F)cc(-c2cccnc2NC2CCCC2)cc1F. The summed E-state index contributed by atoms with van der Waals surface area (Å²) in [5, 5.41) is 12.0. The second-order valence-electron chi connectivity index (χ2n) is 6.64. The quantitative estimate of drug-likeness (QED) is 0.469. The van der Waals surface area contributed by atoms with Gasteiger partial charge in [-0.25, -0.2) is 13.8 Å². The molecule has 1 aliphatic rings. The largest absolute Gasteiger partial charge is 0.481 e. The number of nitrogens with one attached hydrogen (secondary N) is 1. The van der Waals surface area contributed by atoms with Crippen molar-refractivity contribution in [3.05, 3.63) is 42.1 Å². The van der Waals surface area contributed by atoms with E-state index in [1.807, 2.05) is 0 Å². The van der Waals surface area contributed by atoms with Crippen molar-refractivity contribution in [3.63, 3.8) is 0 Å². The fourth-order valence-electron chi connectivity index (χ4n) is 3.27. The van der Waals surface area contributed by atoms with Crippen LogP contribution in [0.25, 0.3) is 11.1 Å². The Kier molecular flexibility index (Phi) is 6.66. The Bertz CT molecular complexity index is 787. The number of carboxylic acids is 1. The number of carboxylic acid groups (broad SMARTS) is 1. The van der Waals surface area contributed by atoms with Gasteiger partial charge in [0.25, 0.3) is 0 Å². The lowest BCUT2D eigenvalue weighted by Crippen LogP contribution is -2.16. The summed E-state index contributed by atoms with van der Waals surface area (Å²) in [6.07, 6.45) is 6.52. The maximum atomic E-state index is 14.5. The number of nitrogens with zero attached hydrogens (tertiary/aromatic N) is 1. The summed E-state index contributed by atoms with van der Waals surface area (Å²) < 4.78 is 29.0. The summed E-state index contributed by atoms with van der Waals surface area (Å²) >= 11 is 1.01. The fraction of sp³-hybridized carbons (Fsp3) is 0.400. The molecule has 144 valence electrons. The molecule has 0 atom stereocenters. The predicted molar refractivity (Wildman–Crippen MR) is 103 cm³/mol. The molecule has 1 aromatic heterocycles. The Balaban J connectivity index is 1.78. The number of carbonyl (C=O) groups is 1. The van der Waals surface area contributed by atoms with Gasteiger partial charge in [-0.15, -0.1) is 11.8 Å². The molecule has 1 aliphatic carbocycles. The molecule has 0 radical (unpaired) electrons. The predicted octanol–water partition coefficient (Wildman–Crippen LogP) is 5.34. The smallest absolute Gasteiger partial charge is 0.303 e. The number of aliphatic carboxylic acids is 1. The summed E-state index contributed by atoms with van der Waals surface area (Å²) in [5.41, 5.74) is 1.11. The Hall–Kier alpha value is -2.15. The van der Waals surface area contributed by atoms with Crippen LogP contribution in [0.3, 0.4) is 0 Å². The molecule has 1 fully saturated rings. The number of thioether (sulfide) groups is 1. The van der Waals surface area contributed by atoms with Gasteiger partial charge < -0.3 is 10.4 Å². The highest BCUT2D eigenvalue weighted by molar-refractivity contribution is 7.99. The van der Waals surface area contributed by atoms with E-state index in [-0.39, 0.29) is 11.3 Å². The third-order valence-corrected chi connectivity index (χ3v) is 5.77. The lowest BCUT2D eigenvalue weighted by molar-refractivity contribution is -0.137. The molecule has 3 rings (SSSR count). The average molecular weight is 392 g/mol. The summed E-state index contributed by atoms with van der Waals surface area (Å²) in [5.74, 6) is -1.20. The van der Waals surface area contributed by atoms with Gasteiger partial charge in [0.05, 0.1) is 4.90 Å². The van der Waals surface area contributed by atoms with Crippen LogP contribution in [0.5, 0.6) is 0 Å². The van der Waals surface area contributed by atoms with Gasteiger partial charge in [0.15, 0.2) is 0 Å². The number of anilines is 1. The van der Waals surface area contributed by atoms with Gasteiger partial charge >= 0.3 is 5.97 Å². The zero-order valence-corrected chi connectivity index (χ0v) is 15.7. The van der Waals surface area contributed by atoms with Crippen LogP contribution in [-0.2, 0) is 4.79 Å². The Morgan fingerprint density at radius 1 is 1.26 bits per heavy atom. The average Bonchev–Trinajstić information content (AvgIpc) is 3.13. The topological polar surface area (TPSA) is 62.2 Å². The first kappa shape index (κ1) is 19.6. The first-order chi connectivity index (χ1) is 13.0. The van der Waals surface area contributed by atoms with Crippen LogP contribution in [0.4, 0.5) is 14.6 Å². The molecule has 27 heavy (non-hydrogen) atoms. The molecule has 7 heteroatoms. The zero-order chi connectivity index (χ0) is 19.2. The van der Waals surface area contributed by atoms with Gasteiger partial charge in [0, 0.05) is 24.2 Å². The first-order valence-electron chi connectivity index (χ1n) is 9.10. The van der Waals surface area contributed by atoms with E-state index in [0.717, 1.165) is 24.6 Å². The standard InChI is InChI=1S/C20H22F2N2O2S/c21-16-11-13(12-17(22)19(16)27-10-4-8-18(25)26)15-7-3-9-23-20(15)24-14-5-1-2-6-14/h3,7,9,11-12,14H,1-2,4-6,8,10H2,(H,23,24)(H,25,26). The lowest BCUT2D eigenvalue weighted by Gasteiger charge is -2.16. The van der Waals surface area contributed by atoms with Crippen molar-refractivity contribution in [2.45, 2.75) is 49.5 Å². The van der Waals surface area contributed by atoms with E-state index in [9.17, 15) is 13.6 Å². The van der Waals surface area contributed by atoms with Gasteiger partial charge in [-0.2, -0.15) is 0 Å². The first-order valence-corrected chi connectivity index (χ1v) is 10.1. The fourth-order valence-corrected chi connectivity index (χ4v) is 4.15. The molecule has 0 saturated heterocycles. The molecule has 1 aromatic carbocycles. The molecule has 0 amide bonds. The molecular formula is C20H22F2N2O2S. The van der Waals surface area contributed by atoms with Crippen LogP contribution in [0, 0.1) is 11.6 Å². The van der Waals surface area contributed by atoms with Crippen molar-refractivity contribution in [3.8, 4) is 11.1 Å². The molecule has 2 aromatic rings. The molecule has 0 unspecified atom stereocenters. The molecule has 4 nitrogen and oxygen atoms in total. The molecule has 1 saturated carbocycles. The third-order valence-electron chi connectivity index (χ3n) is 4.59. The highest BCUT2D eigenvalue weighted by atomic mass is 32.2. The van der Waals surface area contributed by atoms with Gasteiger partial charge in [-0.05, 0) is 54.8 Å². The molecular weight excluding hydrogens is 370 g/mol. The van der Waals surface area contributed by atoms with Gasteiger partial charge in [0.2, 0.25) is 0 Å². The van der Waals surface area contributed by atoms with Crippen molar-refractivity contribution in [1.29, 1.82) is 0 Å². The highest BCUT2D eigenvalue weighted by Gasteiger charge is 2.19. The number of hydrogen-bond donors (Lipinski definition) is 2. The number of halogens is 2. The van der Waals surface area contributed by atoms with E-state index in [1.54, 1.807) is 18.3 Å². The molecule has 0 aliphatic heterocycles. The minimum absolute atomic E-state index is 0.0137. The van der Waals surface area contributed by atoms with E-state index in [2.05, 4.69) is 10.3 Å². The number of benzene rings is 1.